The van der Waals surface area contributed by atoms with Gasteiger partial charge in [-0.2, -0.15) is 0 Å². The molecule has 0 spiro atoms. The average Bonchev–Trinajstić information content (AvgIpc) is 2.63. The Bertz CT molecular complexity index is 628. The van der Waals surface area contributed by atoms with Gasteiger partial charge in [0.05, 0.1) is 11.0 Å². The lowest BCUT2D eigenvalue weighted by Crippen LogP contribution is -2.15. The van der Waals surface area contributed by atoms with Crippen LogP contribution in [0, 0.1) is 5.92 Å². The second-order valence-electron chi connectivity index (χ2n) is 4.82. The van der Waals surface area contributed by atoms with E-state index >= 15 is 0 Å². The molecule has 0 saturated heterocycles. The number of nitrogens with one attached hydrogen (secondary N) is 2. The number of H-pyrrole nitrogens is 1. The molecule has 0 amide bonds. The van der Waals surface area contributed by atoms with Gasteiger partial charge in [-0.05, 0) is 24.3 Å². The van der Waals surface area contributed by atoms with Crippen LogP contribution in [-0.2, 0) is 6.42 Å². The molecule has 0 fully saturated rings. The molecule has 96 valence electrons. The number of hydrogen-bond acceptors (Lipinski definition) is 2. The van der Waals surface area contributed by atoms with Gasteiger partial charge in [-0.25, -0.2) is 4.98 Å². The molecular weight excluding hydrogens is 234 g/mol. The van der Waals surface area contributed by atoms with E-state index in [9.17, 15) is 0 Å². The summed E-state index contributed by atoms with van der Waals surface area (Å²) >= 11 is 0. The van der Waals surface area contributed by atoms with Gasteiger partial charge in [-0.1, -0.05) is 31.2 Å². The fraction of sp³-hybridized carbons (Fsp3) is 0.188. The quantitative estimate of drug-likeness (QED) is 0.878. The molecule has 0 saturated carbocycles. The maximum Gasteiger partial charge on any atom is 0.107 e. The summed E-state index contributed by atoms with van der Waals surface area (Å²) < 4.78 is 0. The van der Waals surface area contributed by atoms with E-state index in [1.807, 2.05) is 36.6 Å². The minimum Gasteiger partial charge on any atom is -0.365 e. The number of aromatic nitrogens is 2. The molecule has 1 aliphatic heterocycles. The molecule has 1 aliphatic rings. The van der Waals surface area contributed by atoms with Crippen LogP contribution < -0.4 is 5.32 Å². The summed E-state index contributed by atoms with van der Waals surface area (Å²) in [7, 11) is 0. The van der Waals surface area contributed by atoms with E-state index in [1.54, 1.807) is 0 Å². The molecule has 1 atom stereocenters. The van der Waals surface area contributed by atoms with Crippen LogP contribution in [-0.4, -0.2) is 9.97 Å². The van der Waals surface area contributed by atoms with Crippen molar-refractivity contribution in [3.8, 4) is 0 Å². The standard InChI is InChI=1S/C16H17N3/c1-12(13-7-3-2-6-10-17-13)11-16-18-14-8-4-5-9-15(14)19-16/h2-10,12,17H,11H2,1H3,(H,18,19). The van der Waals surface area contributed by atoms with Gasteiger partial charge in [0, 0.05) is 24.2 Å². The predicted octanol–water partition coefficient (Wildman–Crippen LogP) is 3.30. The Kier molecular flexibility index (Phi) is 3.19. The molecule has 19 heavy (non-hydrogen) atoms. The average molecular weight is 251 g/mol. The third kappa shape index (κ3) is 2.60. The summed E-state index contributed by atoms with van der Waals surface area (Å²) in [6.45, 7) is 2.21. The highest BCUT2D eigenvalue weighted by Crippen LogP contribution is 2.17. The van der Waals surface area contributed by atoms with E-state index in [0.717, 1.165) is 23.3 Å². The van der Waals surface area contributed by atoms with Crippen molar-refractivity contribution in [1.82, 2.24) is 15.3 Å². The molecule has 1 unspecified atom stereocenters. The van der Waals surface area contributed by atoms with E-state index in [0.29, 0.717) is 5.92 Å². The van der Waals surface area contributed by atoms with Gasteiger partial charge in [0.25, 0.3) is 0 Å². The van der Waals surface area contributed by atoms with Gasteiger partial charge < -0.3 is 10.3 Å². The monoisotopic (exact) mass is 251 g/mol. The minimum atomic E-state index is 0.396. The Morgan fingerprint density at radius 3 is 2.95 bits per heavy atom. The van der Waals surface area contributed by atoms with E-state index in [2.05, 4.69) is 40.4 Å². The molecule has 3 heteroatoms. The lowest BCUT2D eigenvalue weighted by Gasteiger charge is -2.13. The van der Waals surface area contributed by atoms with Crippen LogP contribution in [0.25, 0.3) is 11.0 Å². The number of rotatable bonds is 3. The third-order valence-corrected chi connectivity index (χ3v) is 3.31. The summed E-state index contributed by atoms with van der Waals surface area (Å²) in [5.41, 5.74) is 3.35. The maximum atomic E-state index is 4.62. The van der Waals surface area contributed by atoms with Crippen molar-refractivity contribution in [2.45, 2.75) is 13.3 Å². The minimum absolute atomic E-state index is 0.396. The first-order chi connectivity index (χ1) is 9.33. The number of allylic oxidation sites excluding steroid dienone is 5. The van der Waals surface area contributed by atoms with Crippen molar-refractivity contribution in [1.29, 1.82) is 0 Å². The number of para-hydroxylation sites is 2. The molecule has 1 aromatic heterocycles. The van der Waals surface area contributed by atoms with Crippen molar-refractivity contribution in [3.05, 3.63) is 66.3 Å². The van der Waals surface area contributed by atoms with Crippen molar-refractivity contribution >= 4 is 11.0 Å². The van der Waals surface area contributed by atoms with Crippen LogP contribution in [0.2, 0.25) is 0 Å². The van der Waals surface area contributed by atoms with Gasteiger partial charge in [0.1, 0.15) is 5.82 Å². The highest BCUT2D eigenvalue weighted by Gasteiger charge is 2.11. The first-order valence-corrected chi connectivity index (χ1v) is 6.56. The second-order valence-corrected chi connectivity index (χ2v) is 4.82. The number of fused-ring (bicyclic) bond motifs is 1. The summed E-state index contributed by atoms with van der Waals surface area (Å²) in [5, 5.41) is 3.31. The molecule has 0 aliphatic carbocycles. The Labute approximate surface area is 112 Å². The molecular formula is C16H17N3. The second kappa shape index (κ2) is 5.14. The molecule has 1 aromatic carbocycles. The lowest BCUT2D eigenvalue weighted by atomic mass is 10.0. The number of aromatic amines is 1. The van der Waals surface area contributed by atoms with Crippen molar-refractivity contribution in [3.63, 3.8) is 0 Å². The van der Waals surface area contributed by atoms with Gasteiger partial charge in [-0.3, -0.25) is 0 Å². The number of nitrogens with zero attached hydrogens (tertiary/aromatic N) is 1. The van der Waals surface area contributed by atoms with Gasteiger partial charge in [0.15, 0.2) is 0 Å². The lowest BCUT2D eigenvalue weighted by molar-refractivity contribution is 0.623. The zero-order valence-corrected chi connectivity index (χ0v) is 10.9. The first-order valence-electron chi connectivity index (χ1n) is 6.56. The summed E-state index contributed by atoms with van der Waals surface area (Å²) in [6, 6.07) is 8.14. The number of hydrogen-bond donors (Lipinski definition) is 2. The number of imidazole rings is 1. The van der Waals surface area contributed by atoms with Gasteiger partial charge >= 0.3 is 0 Å². The maximum absolute atomic E-state index is 4.62. The zero-order chi connectivity index (χ0) is 13.1. The Balaban J connectivity index is 1.78. The largest absolute Gasteiger partial charge is 0.365 e. The normalized spacial score (nSPS) is 15.9. The van der Waals surface area contributed by atoms with Crippen LogP contribution in [0.3, 0.4) is 0 Å². The highest BCUT2D eigenvalue weighted by atomic mass is 14.9. The fourth-order valence-corrected chi connectivity index (χ4v) is 2.28. The van der Waals surface area contributed by atoms with Gasteiger partial charge in [-0.15, -0.1) is 0 Å². The summed E-state index contributed by atoms with van der Waals surface area (Å²) in [6.07, 6.45) is 11.1. The molecule has 3 nitrogen and oxygen atoms in total. The van der Waals surface area contributed by atoms with Crippen LogP contribution in [0.15, 0.2) is 60.5 Å². The smallest absolute Gasteiger partial charge is 0.107 e. The summed E-state index contributed by atoms with van der Waals surface area (Å²) in [5.74, 6) is 1.43. The Morgan fingerprint density at radius 1 is 1.16 bits per heavy atom. The highest BCUT2D eigenvalue weighted by molar-refractivity contribution is 5.74. The predicted molar refractivity (Wildman–Crippen MR) is 78.5 cm³/mol. The van der Waals surface area contributed by atoms with Crippen LogP contribution in [0.1, 0.15) is 12.7 Å². The molecule has 2 aromatic rings. The molecule has 0 bridgehead atoms. The Hall–Kier alpha value is -2.29. The third-order valence-electron chi connectivity index (χ3n) is 3.31. The molecule has 2 heterocycles. The molecule has 3 rings (SSSR count). The van der Waals surface area contributed by atoms with Crippen LogP contribution in [0.4, 0.5) is 0 Å². The van der Waals surface area contributed by atoms with Crippen molar-refractivity contribution in [2.75, 3.05) is 0 Å². The van der Waals surface area contributed by atoms with E-state index < -0.39 is 0 Å². The topological polar surface area (TPSA) is 40.7 Å². The van der Waals surface area contributed by atoms with E-state index in [1.165, 1.54) is 5.70 Å². The molecule has 2 N–H and O–H groups in total. The first kappa shape index (κ1) is 11.8. The van der Waals surface area contributed by atoms with E-state index in [-0.39, 0.29) is 0 Å². The van der Waals surface area contributed by atoms with Gasteiger partial charge in [0.2, 0.25) is 0 Å². The Morgan fingerprint density at radius 2 is 2.05 bits per heavy atom. The fourth-order valence-electron chi connectivity index (χ4n) is 2.28. The van der Waals surface area contributed by atoms with Crippen molar-refractivity contribution < 1.29 is 0 Å². The number of benzene rings is 1. The zero-order valence-electron chi connectivity index (χ0n) is 10.9. The SMILES string of the molecule is CC(Cc1nc2ccccc2[nH]1)C1=CC=CC=CN1. The van der Waals surface area contributed by atoms with Crippen LogP contribution in [0.5, 0.6) is 0 Å². The van der Waals surface area contributed by atoms with E-state index in [4.69, 9.17) is 0 Å². The van der Waals surface area contributed by atoms with Crippen LogP contribution >= 0.6 is 0 Å². The van der Waals surface area contributed by atoms with Crippen molar-refractivity contribution in [2.24, 2.45) is 5.92 Å². The molecule has 0 radical (unpaired) electrons. The summed E-state index contributed by atoms with van der Waals surface area (Å²) in [4.78, 5) is 8.00.